The summed E-state index contributed by atoms with van der Waals surface area (Å²) >= 11 is 0. The van der Waals surface area contributed by atoms with Gasteiger partial charge in [-0.3, -0.25) is 9.88 Å². The summed E-state index contributed by atoms with van der Waals surface area (Å²) in [7, 11) is 0. The lowest BCUT2D eigenvalue weighted by Gasteiger charge is -2.40. The molecule has 0 atom stereocenters. The third-order valence-electron chi connectivity index (χ3n) is 5.00. The van der Waals surface area contributed by atoms with Crippen LogP contribution in [0.15, 0.2) is 48.7 Å². The van der Waals surface area contributed by atoms with Crippen LogP contribution in [0, 0.1) is 5.41 Å². The summed E-state index contributed by atoms with van der Waals surface area (Å²) in [6, 6.07) is 14.0. The second-order valence-electron chi connectivity index (χ2n) is 7.35. The first-order valence-electron chi connectivity index (χ1n) is 9.02. The third kappa shape index (κ3) is 3.37. The molecule has 1 aromatic heterocycles. The summed E-state index contributed by atoms with van der Waals surface area (Å²) in [5.74, 6) is 0. The van der Waals surface area contributed by atoms with Crippen LogP contribution in [-0.2, 0) is 11.3 Å². The molecule has 2 aliphatic heterocycles. The van der Waals surface area contributed by atoms with Crippen molar-refractivity contribution in [2.75, 3.05) is 42.6 Å². The molecule has 0 spiro atoms. The Bertz CT molecular complexity index is 776. The maximum Gasteiger partial charge on any atom is 0.322 e. The molecule has 0 unspecified atom stereocenters. The Morgan fingerprint density at radius 3 is 2.62 bits per heavy atom. The molecular weight excluding hydrogens is 328 g/mol. The highest BCUT2D eigenvalue weighted by molar-refractivity contribution is 5.96. The highest BCUT2D eigenvalue weighted by Crippen LogP contribution is 2.34. The molecule has 1 N–H and O–H groups in total. The second-order valence-corrected chi connectivity index (χ2v) is 7.35. The van der Waals surface area contributed by atoms with Crippen LogP contribution in [0.4, 0.5) is 16.2 Å². The average molecular weight is 352 g/mol. The molecule has 136 valence electrons. The molecule has 2 aromatic rings. The molecule has 0 saturated carbocycles. The molecule has 6 heteroatoms. The van der Waals surface area contributed by atoms with Crippen LogP contribution in [-0.4, -0.2) is 43.9 Å². The lowest BCUT2D eigenvalue weighted by atomic mass is 9.89. The summed E-state index contributed by atoms with van der Waals surface area (Å²) in [6.45, 7) is 6.37. The number of pyridine rings is 1. The van der Waals surface area contributed by atoms with E-state index in [2.05, 4.69) is 28.2 Å². The molecule has 6 nitrogen and oxygen atoms in total. The van der Waals surface area contributed by atoms with Crippen molar-refractivity contribution >= 4 is 17.4 Å². The van der Waals surface area contributed by atoms with Crippen LogP contribution in [0.3, 0.4) is 0 Å². The molecule has 0 radical (unpaired) electrons. The van der Waals surface area contributed by atoms with E-state index in [4.69, 9.17) is 4.74 Å². The smallest absolute Gasteiger partial charge is 0.322 e. The lowest BCUT2D eigenvalue weighted by Crippen LogP contribution is -2.53. The number of fused-ring (bicyclic) bond motifs is 1. The monoisotopic (exact) mass is 352 g/mol. The van der Waals surface area contributed by atoms with Crippen LogP contribution in [0.25, 0.3) is 0 Å². The van der Waals surface area contributed by atoms with E-state index in [1.807, 2.05) is 47.5 Å². The van der Waals surface area contributed by atoms with Crippen molar-refractivity contribution in [2.24, 2.45) is 5.41 Å². The fraction of sp³-hybridized carbons (Fsp3) is 0.400. The highest BCUT2D eigenvalue weighted by Gasteiger charge is 2.35. The van der Waals surface area contributed by atoms with Crippen molar-refractivity contribution in [3.8, 4) is 0 Å². The van der Waals surface area contributed by atoms with Gasteiger partial charge >= 0.3 is 6.03 Å². The van der Waals surface area contributed by atoms with Gasteiger partial charge in [-0.25, -0.2) is 4.79 Å². The Morgan fingerprint density at radius 2 is 1.92 bits per heavy atom. The van der Waals surface area contributed by atoms with E-state index < -0.39 is 0 Å². The van der Waals surface area contributed by atoms with Crippen molar-refractivity contribution < 1.29 is 9.53 Å². The first kappa shape index (κ1) is 16.8. The number of nitrogens with one attached hydrogen (secondary N) is 1. The number of ether oxygens (including phenoxy) is 1. The molecule has 4 rings (SSSR count). The molecule has 0 aliphatic carbocycles. The van der Waals surface area contributed by atoms with E-state index in [1.165, 1.54) is 0 Å². The van der Waals surface area contributed by atoms with E-state index in [0.29, 0.717) is 26.3 Å². The molecule has 1 fully saturated rings. The van der Waals surface area contributed by atoms with Crippen molar-refractivity contribution in [1.29, 1.82) is 0 Å². The number of anilines is 2. The zero-order chi connectivity index (χ0) is 18.0. The minimum atomic E-state index is -0.0388. The van der Waals surface area contributed by atoms with E-state index in [9.17, 15) is 4.79 Å². The number of amides is 2. The number of carbonyl (C=O) groups is 1. The Labute approximate surface area is 153 Å². The van der Waals surface area contributed by atoms with E-state index in [0.717, 1.165) is 30.2 Å². The quantitative estimate of drug-likeness (QED) is 0.919. The maximum absolute atomic E-state index is 12.8. The minimum Gasteiger partial charge on any atom is -0.380 e. The molecular formula is C20H24N4O2. The van der Waals surface area contributed by atoms with Gasteiger partial charge in [0.1, 0.15) is 0 Å². The van der Waals surface area contributed by atoms with Crippen LogP contribution in [0.1, 0.15) is 12.6 Å². The molecule has 1 saturated heterocycles. The van der Waals surface area contributed by atoms with Crippen LogP contribution in [0.2, 0.25) is 0 Å². The van der Waals surface area contributed by atoms with E-state index >= 15 is 0 Å². The Balaban J connectivity index is 1.49. The Hall–Kier alpha value is -2.60. The number of hydrogen-bond donors (Lipinski definition) is 1. The van der Waals surface area contributed by atoms with Gasteiger partial charge in [-0.2, -0.15) is 0 Å². The second kappa shape index (κ2) is 6.96. The predicted octanol–water partition coefficient (Wildman–Crippen LogP) is 2.65. The SMILES string of the molecule is CC1(CNC(=O)N2CCN(Cc3ccccn3)c3ccccc32)COC1. The van der Waals surface area contributed by atoms with Gasteiger partial charge in [0.25, 0.3) is 0 Å². The number of benzene rings is 1. The van der Waals surface area contributed by atoms with E-state index in [1.54, 1.807) is 0 Å². The summed E-state index contributed by atoms with van der Waals surface area (Å²) in [5, 5.41) is 3.08. The first-order chi connectivity index (χ1) is 12.6. The Morgan fingerprint density at radius 1 is 1.15 bits per heavy atom. The fourth-order valence-electron chi connectivity index (χ4n) is 3.42. The number of rotatable bonds is 4. The summed E-state index contributed by atoms with van der Waals surface area (Å²) < 4.78 is 5.27. The predicted molar refractivity (Wildman–Crippen MR) is 101 cm³/mol. The van der Waals surface area contributed by atoms with E-state index in [-0.39, 0.29) is 11.4 Å². The molecule has 2 aliphatic rings. The number of nitrogens with zero attached hydrogens (tertiary/aromatic N) is 3. The van der Waals surface area contributed by atoms with Crippen LogP contribution >= 0.6 is 0 Å². The van der Waals surface area contributed by atoms with Crippen LogP contribution < -0.4 is 15.1 Å². The summed E-state index contributed by atoms with van der Waals surface area (Å²) in [4.78, 5) is 21.3. The minimum absolute atomic E-state index is 0.0388. The van der Waals surface area contributed by atoms with Gasteiger partial charge in [-0.1, -0.05) is 25.1 Å². The molecule has 26 heavy (non-hydrogen) atoms. The van der Waals surface area contributed by atoms with Gasteiger partial charge in [-0.15, -0.1) is 0 Å². The van der Waals surface area contributed by atoms with Gasteiger partial charge in [0, 0.05) is 31.2 Å². The first-order valence-corrected chi connectivity index (χ1v) is 9.02. The standard InChI is InChI=1S/C20H24N4O2/c1-20(14-26-15-20)13-22-19(25)24-11-10-23(12-16-6-4-5-9-21-16)17-7-2-3-8-18(17)24/h2-9H,10-15H2,1H3,(H,22,25). The maximum atomic E-state index is 12.8. The number of aromatic nitrogens is 1. The van der Waals surface area contributed by atoms with Crippen molar-refractivity contribution in [2.45, 2.75) is 13.5 Å². The van der Waals surface area contributed by atoms with Crippen molar-refractivity contribution in [3.63, 3.8) is 0 Å². The summed E-state index contributed by atoms with van der Waals surface area (Å²) in [5.41, 5.74) is 3.11. The summed E-state index contributed by atoms with van der Waals surface area (Å²) in [6.07, 6.45) is 1.82. The Kier molecular flexibility index (Phi) is 4.51. The third-order valence-corrected chi connectivity index (χ3v) is 5.00. The number of hydrogen-bond acceptors (Lipinski definition) is 4. The molecule has 3 heterocycles. The van der Waals surface area contributed by atoms with Gasteiger partial charge in [0.2, 0.25) is 0 Å². The number of urea groups is 1. The molecule has 0 bridgehead atoms. The van der Waals surface area contributed by atoms with Crippen molar-refractivity contribution in [3.05, 3.63) is 54.4 Å². The zero-order valence-corrected chi connectivity index (χ0v) is 15.0. The van der Waals surface area contributed by atoms with Gasteiger partial charge in [0.05, 0.1) is 36.8 Å². The van der Waals surface area contributed by atoms with Gasteiger partial charge in [0.15, 0.2) is 0 Å². The van der Waals surface area contributed by atoms with Crippen LogP contribution in [0.5, 0.6) is 0 Å². The van der Waals surface area contributed by atoms with Crippen molar-refractivity contribution in [1.82, 2.24) is 10.3 Å². The average Bonchev–Trinajstić information content (AvgIpc) is 2.66. The van der Waals surface area contributed by atoms with Gasteiger partial charge < -0.3 is 15.0 Å². The highest BCUT2D eigenvalue weighted by atomic mass is 16.5. The molecule has 1 aromatic carbocycles. The fourth-order valence-corrected chi connectivity index (χ4v) is 3.42. The normalized spacial score (nSPS) is 18.0. The van der Waals surface area contributed by atoms with Gasteiger partial charge in [-0.05, 0) is 24.3 Å². The lowest BCUT2D eigenvalue weighted by molar-refractivity contribution is -0.0974. The number of carbonyl (C=O) groups excluding carboxylic acids is 1. The zero-order valence-electron chi connectivity index (χ0n) is 15.0. The topological polar surface area (TPSA) is 57.7 Å². The number of para-hydroxylation sites is 2. The molecule has 2 amide bonds. The largest absolute Gasteiger partial charge is 0.380 e.